The number of ketones is 1. The molecule has 0 aliphatic carbocycles. The lowest BCUT2D eigenvalue weighted by atomic mass is 10.1. The van der Waals surface area contributed by atoms with Gasteiger partial charge in [0.1, 0.15) is 17.4 Å². The number of nitrogens with zero attached hydrogens (tertiary/aromatic N) is 1. The van der Waals surface area contributed by atoms with E-state index in [1.54, 1.807) is 42.5 Å². The van der Waals surface area contributed by atoms with Gasteiger partial charge in [-0.2, -0.15) is 0 Å². The van der Waals surface area contributed by atoms with E-state index in [4.69, 9.17) is 27.9 Å². The van der Waals surface area contributed by atoms with E-state index in [0.29, 0.717) is 21.5 Å². The number of ether oxygens (including phenoxy) is 1. The van der Waals surface area contributed by atoms with Crippen molar-refractivity contribution in [2.24, 2.45) is 5.92 Å². The highest BCUT2D eigenvalue weighted by Crippen LogP contribution is 2.29. The lowest BCUT2D eigenvalue weighted by molar-refractivity contribution is -0.142. The molecule has 1 aliphatic rings. The van der Waals surface area contributed by atoms with Gasteiger partial charge in [0.15, 0.2) is 0 Å². The molecule has 1 atom stereocenters. The van der Waals surface area contributed by atoms with Crippen molar-refractivity contribution in [3.05, 3.63) is 58.1 Å². The van der Waals surface area contributed by atoms with Gasteiger partial charge >= 0.3 is 0 Å². The van der Waals surface area contributed by atoms with Crippen molar-refractivity contribution in [1.82, 2.24) is 10.2 Å². The molecule has 1 heterocycles. The van der Waals surface area contributed by atoms with Gasteiger partial charge in [0, 0.05) is 26.2 Å². The Bertz CT molecular complexity index is 899. The van der Waals surface area contributed by atoms with Gasteiger partial charge in [0.2, 0.25) is 11.7 Å². The van der Waals surface area contributed by atoms with Gasteiger partial charge in [-0.05, 0) is 29.8 Å². The highest BCUT2D eigenvalue weighted by molar-refractivity contribution is 6.42. The van der Waals surface area contributed by atoms with Crippen LogP contribution in [0.4, 0.5) is 0 Å². The fraction of sp³-hybridized carbons (Fsp3) is 0.211. The Morgan fingerprint density at radius 3 is 2.37 bits per heavy atom. The number of hydrogen-bond acceptors (Lipinski definition) is 4. The second-order valence-corrected chi connectivity index (χ2v) is 6.96. The van der Waals surface area contributed by atoms with Crippen LogP contribution in [0.3, 0.4) is 0 Å². The van der Waals surface area contributed by atoms with Gasteiger partial charge in [-0.3, -0.25) is 14.4 Å². The molecule has 2 aromatic rings. The number of nitrogens with one attached hydrogen (secondary N) is 1. The van der Waals surface area contributed by atoms with E-state index >= 15 is 0 Å². The number of halogens is 2. The van der Waals surface area contributed by atoms with Crippen molar-refractivity contribution in [1.29, 1.82) is 0 Å². The molecule has 1 N–H and O–H groups in total. The first-order valence-electron chi connectivity index (χ1n) is 8.14. The number of likely N-dealkylation sites (tertiary alicyclic amines) is 1. The van der Waals surface area contributed by atoms with E-state index < -0.39 is 23.5 Å². The van der Waals surface area contributed by atoms with E-state index in [2.05, 4.69) is 5.32 Å². The Hall–Kier alpha value is -2.57. The lowest BCUT2D eigenvalue weighted by Crippen LogP contribution is -2.35. The van der Waals surface area contributed by atoms with E-state index in [-0.39, 0.29) is 13.1 Å². The Balaban J connectivity index is 1.56. The number of likely N-dealkylation sites (N-methyl/N-ethyl adjacent to an activating group) is 1. The first kappa shape index (κ1) is 19.2. The van der Waals surface area contributed by atoms with Crippen LogP contribution in [0.25, 0.3) is 0 Å². The Morgan fingerprint density at radius 1 is 1.11 bits per heavy atom. The van der Waals surface area contributed by atoms with Crippen LogP contribution in [-0.4, -0.2) is 36.1 Å². The van der Waals surface area contributed by atoms with Crippen LogP contribution < -0.4 is 10.1 Å². The molecule has 1 unspecified atom stereocenters. The third-order valence-corrected chi connectivity index (χ3v) is 4.90. The summed E-state index contributed by atoms with van der Waals surface area (Å²) in [6.07, 6.45) is 0. The van der Waals surface area contributed by atoms with Crippen LogP contribution in [-0.2, 0) is 20.9 Å². The molecule has 27 heavy (non-hydrogen) atoms. The molecule has 6 nitrogen and oxygen atoms in total. The minimum absolute atomic E-state index is 0.111. The fourth-order valence-corrected chi connectivity index (χ4v) is 2.93. The minimum atomic E-state index is -0.945. The second-order valence-electron chi connectivity index (χ2n) is 6.14. The zero-order valence-corrected chi connectivity index (χ0v) is 15.9. The van der Waals surface area contributed by atoms with Gasteiger partial charge in [0.05, 0.1) is 10.0 Å². The predicted molar refractivity (Wildman–Crippen MR) is 101 cm³/mol. The first-order valence-corrected chi connectivity index (χ1v) is 8.89. The summed E-state index contributed by atoms with van der Waals surface area (Å²) in [5.41, 5.74) is 0.829. The van der Waals surface area contributed by atoms with Crippen molar-refractivity contribution in [3.63, 3.8) is 0 Å². The number of amides is 2. The number of Topliss-reactive ketones (excluding diaryl/α,β-unsaturated/α-hetero) is 1. The van der Waals surface area contributed by atoms with E-state index in [1.807, 2.05) is 0 Å². The zero-order valence-electron chi connectivity index (χ0n) is 14.4. The van der Waals surface area contributed by atoms with Crippen LogP contribution in [0.1, 0.15) is 5.56 Å². The number of carbonyl (C=O) groups excluding carboxylic acids is 3. The molecule has 0 saturated carbocycles. The Kier molecular flexibility index (Phi) is 5.68. The highest BCUT2D eigenvalue weighted by atomic mass is 35.5. The third-order valence-electron chi connectivity index (χ3n) is 4.16. The average Bonchev–Trinajstić information content (AvgIpc) is 2.91. The molecule has 0 spiro atoms. The monoisotopic (exact) mass is 406 g/mol. The Morgan fingerprint density at radius 2 is 1.78 bits per heavy atom. The molecule has 2 amide bonds. The number of benzene rings is 2. The Labute approximate surface area is 166 Å². The summed E-state index contributed by atoms with van der Waals surface area (Å²) in [6.45, 7) is 0.355. The van der Waals surface area contributed by atoms with Crippen LogP contribution in [0.15, 0.2) is 42.5 Å². The standard InChI is InChI=1S/C19H16Cl2N2O4/c1-23-10-14(17(24)19(23)26)18(25)22-9-11-2-4-12(5-3-11)27-13-6-7-15(20)16(21)8-13/h2-8,14H,9-10H2,1H3,(H,22,25). The van der Waals surface area contributed by atoms with Crippen LogP contribution in [0.2, 0.25) is 10.0 Å². The van der Waals surface area contributed by atoms with E-state index in [9.17, 15) is 14.4 Å². The van der Waals surface area contributed by atoms with Crippen molar-refractivity contribution in [2.45, 2.75) is 6.54 Å². The fourth-order valence-electron chi connectivity index (χ4n) is 2.64. The van der Waals surface area contributed by atoms with Crippen molar-refractivity contribution in [2.75, 3.05) is 13.6 Å². The average molecular weight is 407 g/mol. The van der Waals surface area contributed by atoms with Crippen molar-refractivity contribution in [3.8, 4) is 11.5 Å². The second kappa shape index (κ2) is 7.98. The van der Waals surface area contributed by atoms with Crippen LogP contribution in [0, 0.1) is 5.92 Å². The topological polar surface area (TPSA) is 75.7 Å². The van der Waals surface area contributed by atoms with Gasteiger partial charge in [-0.1, -0.05) is 35.3 Å². The van der Waals surface area contributed by atoms with E-state index in [0.717, 1.165) is 5.56 Å². The molecular formula is C19H16Cl2N2O4. The summed E-state index contributed by atoms with van der Waals surface area (Å²) >= 11 is 11.8. The molecule has 0 aromatic heterocycles. The third kappa shape index (κ3) is 4.40. The maximum absolute atomic E-state index is 12.1. The molecule has 3 rings (SSSR count). The molecule has 1 saturated heterocycles. The normalized spacial score (nSPS) is 16.6. The van der Waals surface area contributed by atoms with Gasteiger partial charge < -0.3 is 15.0 Å². The quantitative estimate of drug-likeness (QED) is 0.611. The SMILES string of the molecule is CN1CC(C(=O)NCc2ccc(Oc3ccc(Cl)c(Cl)c3)cc2)C(=O)C1=O. The first-order chi connectivity index (χ1) is 12.8. The van der Waals surface area contributed by atoms with Gasteiger partial charge in [0.25, 0.3) is 5.91 Å². The number of hydrogen-bond donors (Lipinski definition) is 1. The summed E-state index contributed by atoms with van der Waals surface area (Å²) in [5.74, 6) is -1.53. The highest BCUT2D eigenvalue weighted by Gasteiger charge is 2.41. The summed E-state index contributed by atoms with van der Waals surface area (Å²) in [6, 6.07) is 12.1. The molecule has 140 valence electrons. The maximum atomic E-state index is 12.1. The molecule has 8 heteroatoms. The maximum Gasteiger partial charge on any atom is 0.290 e. The number of carbonyl (C=O) groups is 3. The summed E-state index contributed by atoms with van der Waals surface area (Å²) in [5, 5.41) is 3.53. The lowest BCUT2D eigenvalue weighted by Gasteiger charge is -2.11. The number of rotatable bonds is 5. The minimum Gasteiger partial charge on any atom is -0.457 e. The molecule has 0 radical (unpaired) electrons. The van der Waals surface area contributed by atoms with Crippen LogP contribution >= 0.6 is 23.2 Å². The smallest absolute Gasteiger partial charge is 0.290 e. The van der Waals surface area contributed by atoms with Gasteiger partial charge in [-0.15, -0.1) is 0 Å². The van der Waals surface area contributed by atoms with E-state index in [1.165, 1.54) is 11.9 Å². The molecule has 1 aliphatic heterocycles. The molecule has 1 fully saturated rings. The molecule has 2 aromatic carbocycles. The summed E-state index contributed by atoms with van der Waals surface area (Å²) < 4.78 is 5.70. The largest absolute Gasteiger partial charge is 0.457 e. The zero-order chi connectivity index (χ0) is 19.6. The predicted octanol–water partition coefficient (Wildman–Crippen LogP) is 3.06. The molecule has 0 bridgehead atoms. The van der Waals surface area contributed by atoms with Crippen LogP contribution in [0.5, 0.6) is 11.5 Å². The van der Waals surface area contributed by atoms with Crippen molar-refractivity contribution >= 4 is 40.8 Å². The molecular weight excluding hydrogens is 391 g/mol. The summed E-state index contributed by atoms with van der Waals surface area (Å²) in [7, 11) is 1.50. The summed E-state index contributed by atoms with van der Waals surface area (Å²) in [4.78, 5) is 36.6. The van der Waals surface area contributed by atoms with Gasteiger partial charge in [-0.25, -0.2) is 0 Å². The van der Waals surface area contributed by atoms with Crippen molar-refractivity contribution < 1.29 is 19.1 Å².